The van der Waals surface area contributed by atoms with Crippen molar-refractivity contribution in [2.24, 2.45) is 0 Å². The molecule has 1 aromatic heterocycles. The second-order valence-corrected chi connectivity index (χ2v) is 5.58. The normalized spacial score (nSPS) is 10.7. The average molecular weight is 338 g/mol. The smallest absolute Gasteiger partial charge is 0.258 e. The van der Waals surface area contributed by atoms with E-state index in [2.05, 4.69) is 15.0 Å². The van der Waals surface area contributed by atoms with E-state index in [9.17, 15) is 8.42 Å². The van der Waals surface area contributed by atoms with Crippen molar-refractivity contribution < 1.29 is 8.42 Å². The summed E-state index contributed by atoms with van der Waals surface area (Å²) in [5.74, 6) is 0. The van der Waals surface area contributed by atoms with Crippen molar-refractivity contribution in [3.05, 3.63) is 36.5 Å². The Labute approximate surface area is 131 Å². The second kappa shape index (κ2) is 8.39. The molecule has 1 aromatic carbocycles. The molecule has 2 N–H and O–H groups in total. The van der Waals surface area contributed by atoms with E-state index in [1.165, 1.54) is 0 Å². The molecule has 0 aliphatic heterocycles. The highest BCUT2D eigenvalue weighted by molar-refractivity contribution is 7.89. The van der Waals surface area contributed by atoms with Gasteiger partial charge in [0.15, 0.2) is 5.03 Å². The molecule has 0 spiro atoms. The minimum absolute atomic E-state index is 0. The summed E-state index contributed by atoms with van der Waals surface area (Å²) >= 11 is 0. The summed E-state index contributed by atoms with van der Waals surface area (Å²) in [6.45, 7) is 0.917. The number of aromatic nitrogens is 1. The third-order valence-corrected chi connectivity index (χ3v) is 3.91. The molecular weight excluding hydrogens is 321 g/mol. The highest BCUT2D eigenvalue weighted by atomic mass is 35.5. The van der Waals surface area contributed by atoms with Gasteiger partial charge in [0, 0.05) is 24.7 Å². The predicted molar refractivity (Wildman–Crippen MR) is 85.4 cm³/mol. The first-order chi connectivity index (χ1) is 8.63. The number of rotatable bonds is 5. The number of likely N-dealkylation sites (N-methyl/N-ethyl adjacent to an activating group) is 1. The van der Waals surface area contributed by atoms with E-state index < -0.39 is 10.0 Å². The van der Waals surface area contributed by atoms with Gasteiger partial charge in [0.2, 0.25) is 0 Å². The minimum Gasteiger partial charge on any atom is -0.318 e. The maximum absolute atomic E-state index is 11.9. The Morgan fingerprint density at radius 2 is 1.75 bits per heavy atom. The molecule has 5 nitrogen and oxygen atoms in total. The molecular formula is C12H17Cl2N3O2S. The van der Waals surface area contributed by atoms with Crippen LogP contribution in [0.15, 0.2) is 41.6 Å². The summed E-state index contributed by atoms with van der Waals surface area (Å²) < 4.78 is 26.4. The van der Waals surface area contributed by atoms with Crippen LogP contribution in [-0.2, 0) is 10.0 Å². The Morgan fingerprint density at radius 3 is 2.40 bits per heavy atom. The van der Waals surface area contributed by atoms with Gasteiger partial charge < -0.3 is 5.32 Å². The fraction of sp³-hybridized carbons (Fsp3) is 0.250. The van der Waals surface area contributed by atoms with E-state index in [1.54, 1.807) is 19.3 Å². The first-order valence-corrected chi connectivity index (χ1v) is 7.11. The number of fused-ring (bicyclic) bond motifs is 1. The van der Waals surface area contributed by atoms with Gasteiger partial charge in [0.1, 0.15) is 0 Å². The lowest BCUT2D eigenvalue weighted by atomic mass is 10.2. The number of benzene rings is 1. The van der Waals surface area contributed by atoms with Crippen molar-refractivity contribution in [2.45, 2.75) is 5.03 Å². The largest absolute Gasteiger partial charge is 0.318 e. The number of halogens is 2. The summed E-state index contributed by atoms with van der Waals surface area (Å²) in [5, 5.41) is 4.71. The molecule has 0 radical (unpaired) electrons. The molecule has 0 aliphatic rings. The zero-order valence-corrected chi connectivity index (χ0v) is 13.3. The molecule has 1 heterocycles. The van der Waals surface area contributed by atoms with Crippen molar-refractivity contribution in [3.8, 4) is 0 Å². The zero-order valence-electron chi connectivity index (χ0n) is 10.9. The van der Waals surface area contributed by atoms with Gasteiger partial charge >= 0.3 is 0 Å². The van der Waals surface area contributed by atoms with E-state index in [0.29, 0.717) is 13.1 Å². The summed E-state index contributed by atoms with van der Waals surface area (Å²) in [7, 11) is -1.76. The summed E-state index contributed by atoms with van der Waals surface area (Å²) in [4.78, 5) is 3.99. The molecule has 0 unspecified atom stereocenters. The zero-order chi connectivity index (χ0) is 13.0. The van der Waals surface area contributed by atoms with Crippen molar-refractivity contribution in [3.63, 3.8) is 0 Å². The fourth-order valence-corrected chi connectivity index (χ4v) is 2.59. The quantitative estimate of drug-likeness (QED) is 0.812. The molecule has 0 bridgehead atoms. The number of nitrogens with zero attached hydrogens (tertiary/aromatic N) is 1. The minimum atomic E-state index is -3.53. The van der Waals surface area contributed by atoms with E-state index in [-0.39, 0.29) is 29.8 Å². The molecule has 2 rings (SSSR count). The number of hydrogen-bond acceptors (Lipinski definition) is 4. The van der Waals surface area contributed by atoms with Crippen molar-refractivity contribution in [2.75, 3.05) is 20.1 Å². The Morgan fingerprint density at radius 1 is 1.10 bits per heavy atom. The molecule has 0 fully saturated rings. The fourth-order valence-electron chi connectivity index (χ4n) is 1.59. The molecule has 0 amide bonds. The topological polar surface area (TPSA) is 71.1 Å². The number of nitrogens with one attached hydrogen (secondary N) is 2. The SMILES string of the molecule is CNCCNS(=O)(=O)c1cc2ccccc2cn1.Cl.Cl. The molecule has 0 aliphatic carbocycles. The Kier molecular flexibility index (Phi) is 8.00. The van der Waals surface area contributed by atoms with E-state index in [4.69, 9.17) is 0 Å². The molecule has 2 aromatic rings. The molecule has 20 heavy (non-hydrogen) atoms. The van der Waals surface area contributed by atoms with Crippen LogP contribution in [0.3, 0.4) is 0 Å². The van der Waals surface area contributed by atoms with Gasteiger partial charge in [-0.1, -0.05) is 24.3 Å². The molecule has 0 atom stereocenters. The van der Waals surface area contributed by atoms with Crippen LogP contribution in [-0.4, -0.2) is 33.5 Å². The monoisotopic (exact) mass is 337 g/mol. The van der Waals surface area contributed by atoms with Crippen LogP contribution in [0, 0.1) is 0 Å². The Hall–Kier alpha value is -0.920. The van der Waals surface area contributed by atoms with Gasteiger partial charge in [0.25, 0.3) is 10.0 Å². The third kappa shape index (κ3) is 4.57. The lowest BCUT2D eigenvalue weighted by Gasteiger charge is -2.06. The van der Waals surface area contributed by atoms with Crippen LogP contribution in [0.2, 0.25) is 0 Å². The van der Waals surface area contributed by atoms with Crippen LogP contribution in [0.5, 0.6) is 0 Å². The van der Waals surface area contributed by atoms with Crippen LogP contribution in [0.4, 0.5) is 0 Å². The maximum atomic E-state index is 11.9. The van der Waals surface area contributed by atoms with Gasteiger partial charge in [0.05, 0.1) is 0 Å². The van der Waals surface area contributed by atoms with E-state index in [1.807, 2.05) is 24.3 Å². The molecule has 0 saturated heterocycles. The lowest BCUT2D eigenvalue weighted by Crippen LogP contribution is -2.30. The van der Waals surface area contributed by atoms with Gasteiger partial charge in [-0.25, -0.2) is 18.1 Å². The van der Waals surface area contributed by atoms with Gasteiger partial charge in [-0.2, -0.15) is 0 Å². The van der Waals surface area contributed by atoms with Gasteiger partial charge in [-0.15, -0.1) is 24.8 Å². The Balaban J connectivity index is 0.00000180. The first-order valence-electron chi connectivity index (χ1n) is 5.62. The molecule has 112 valence electrons. The van der Waals surface area contributed by atoms with Gasteiger partial charge in [-0.3, -0.25) is 0 Å². The maximum Gasteiger partial charge on any atom is 0.258 e. The van der Waals surface area contributed by atoms with Crippen molar-refractivity contribution in [1.29, 1.82) is 0 Å². The first kappa shape index (κ1) is 19.1. The van der Waals surface area contributed by atoms with Crippen LogP contribution < -0.4 is 10.0 Å². The highest BCUT2D eigenvalue weighted by Gasteiger charge is 2.14. The van der Waals surface area contributed by atoms with E-state index >= 15 is 0 Å². The summed E-state index contributed by atoms with van der Waals surface area (Å²) in [6, 6.07) is 9.10. The number of hydrogen-bond donors (Lipinski definition) is 2. The predicted octanol–water partition coefficient (Wildman–Crippen LogP) is 1.58. The van der Waals surface area contributed by atoms with Crippen molar-refractivity contribution >= 4 is 45.6 Å². The Bertz CT molecular complexity index is 650. The third-order valence-electron chi connectivity index (χ3n) is 2.55. The summed E-state index contributed by atoms with van der Waals surface area (Å²) in [5.41, 5.74) is 0. The summed E-state index contributed by atoms with van der Waals surface area (Å²) in [6.07, 6.45) is 1.57. The number of sulfonamides is 1. The number of pyridine rings is 1. The van der Waals surface area contributed by atoms with Crippen LogP contribution in [0.25, 0.3) is 10.8 Å². The average Bonchev–Trinajstić information content (AvgIpc) is 2.38. The van der Waals surface area contributed by atoms with Crippen molar-refractivity contribution in [1.82, 2.24) is 15.0 Å². The van der Waals surface area contributed by atoms with E-state index in [0.717, 1.165) is 10.8 Å². The van der Waals surface area contributed by atoms with Crippen LogP contribution >= 0.6 is 24.8 Å². The molecule has 8 heteroatoms. The highest BCUT2D eigenvalue weighted by Crippen LogP contribution is 2.15. The second-order valence-electron chi connectivity index (χ2n) is 3.87. The standard InChI is InChI=1S/C12H15N3O2S.2ClH/c1-13-6-7-15-18(16,17)12-8-10-4-2-3-5-11(10)9-14-12;;/h2-5,8-9,13,15H,6-7H2,1H3;2*1H. The lowest BCUT2D eigenvalue weighted by molar-refractivity contribution is 0.576. The van der Waals surface area contributed by atoms with Gasteiger partial charge in [-0.05, 0) is 18.5 Å². The molecule has 0 saturated carbocycles. The van der Waals surface area contributed by atoms with Crippen LogP contribution in [0.1, 0.15) is 0 Å².